The number of ether oxygens (including phenoxy) is 2. The third-order valence-electron chi connectivity index (χ3n) is 4.49. The molecule has 0 aromatic heterocycles. The van der Waals surface area contributed by atoms with Gasteiger partial charge in [-0.05, 0) is 44.7 Å². The summed E-state index contributed by atoms with van der Waals surface area (Å²) < 4.78 is 10.7. The number of piperidine rings is 1. The van der Waals surface area contributed by atoms with Crippen molar-refractivity contribution in [2.75, 3.05) is 27.3 Å². The van der Waals surface area contributed by atoms with Crippen LogP contribution in [0.15, 0.2) is 12.1 Å². The number of hydrogen-bond acceptors (Lipinski definition) is 4. The fourth-order valence-corrected chi connectivity index (χ4v) is 3.02. The zero-order chi connectivity index (χ0) is 16.3. The first kappa shape index (κ1) is 16.6. The van der Waals surface area contributed by atoms with Crippen LogP contribution < -0.4 is 15.2 Å². The van der Waals surface area contributed by atoms with Crippen LogP contribution in [0, 0.1) is 12.8 Å². The van der Waals surface area contributed by atoms with E-state index in [4.69, 9.17) is 15.2 Å². The van der Waals surface area contributed by atoms with Crippen LogP contribution in [0.5, 0.6) is 11.5 Å². The van der Waals surface area contributed by atoms with Gasteiger partial charge in [0.1, 0.15) is 11.5 Å². The van der Waals surface area contributed by atoms with Crippen LogP contribution in [0.4, 0.5) is 0 Å². The lowest BCUT2D eigenvalue weighted by atomic mass is 9.92. The van der Waals surface area contributed by atoms with Crippen molar-refractivity contribution in [3.05, 3.63) is 23.3 Å². The van der Waals surface area contributed by atoms with Gasteiger partial charge < -0.3 is 20.1 Å². The summed E-state index contributed by atoms with van der Waals surface area (Å²) in [6, 6.07) is 3.68. The monoisotopic (exact) mass is 306 g/mol. The molecular weight excluding hydrogens is 280 g/mol. The molecule has 2 atom stereocenters. The minimum atomic E-state index is 0.0157. The van der Waals surface area contributed by atoms with Crippen LogP contribution in [0.1, 0.15) is 35.7 Å². The fourth-order valence-electron chi connectivity index (χ4n) is 3.02. The van der Waals surface area contributed by atoms with E-state index in [1.807, 2.05) is 18.7 Å². The predicted octanol–water partition coefficient (Wildman–Crippen LogP) is 2.21. The van der Waals surface area contributed by atoms with Crippen molar-refractivity contribution in [2.45, 2.75) is 32.7 Å². The molecule has 1 aromatic carbocycles. The Labute approximate surface area is 132 Å². The van der Waals surface area contributed by atoms with E-state index in [1.165, 1.54) is 0 Å². The number of rotatable bonds is 4. The fraction of sp³-hybridized carbons (Fsp3) is 0.588. The second-order valence-electron chi connectivity index (χ2n) is 6.02. The Kier molecular flexibility index (Phi) is 5.29. The number of carbonyl (C=O) groups excluding carboxylic acids is 1. The summed E-state index contributed by atoms with van der Waals surface area (Å²) in [5.74, 6) is 1.72. The third kappa shape index (κ3) is 3.35. The highest BCUT2D eigenvalue weighted by Crippen LogP contribution is 2.30. The van der Waals surface area contributed by atoms with Crippen molar-refractivity contribution in [2.24, 2.45) is 11.7 Å². The second-order valence-corrected chi connectivity index (χ2v) is 6.02. The highest BCUT2D eigenvalue weighted by atomic mass is 16.5. The Bertz CT molecular complexity index is 518. The minimum absolute atomic E-state index is 0.0157. The molecule has 1 heterocycles. The van der Waals surface area contributed by atoms with Crippen molar-refractivity contribution in [3.63, 3.8) is 0 Å². The molecule has 1 aromatic rings. The molecule has 1 aliphatic rings. The number of likely N-dealkylation sites (tertiary alicyclic amines) is 1. The van der Waals surface area contributed by atoms with Crippen molar-refractivity contribution >= 4 is 5.91 Å². The minimum Gasteiger partial charge on any atom is -0.496 e. The normalized spacial score (nSPS) is 19.7. The Balaban J connectivity index is 2.25. The molecule has 2 N–H and O–H groups in total. The molecule has 122 valence electrons. The first-order chi connectivity index (χ1) is 10.5. The van der Waals surface area contributed by atoms with Gasteiger partial charge in [-0.15, -0.1) is 0 Å². The van der Waals surface area contributed by atoms with Crippen LogP contribution in [0.2, 0.25) is 0 Å². The Morgan fingerprint density at radius 1 is 1.32 bits per heavy atom. The topological polar surface area (TPSA) is 64.8 Å². The van der Waals surface area contributed by atoms with Crippen molar-refractivity contribution < 1.29 is 14.3 Å². The number of nitrogens with zero attached hydrogens (tertiary/aromatic N) is 1. The molecule has 1 fully saturated rings. The van der Waals surface area contributed by atoms with Gasteiger partial charge in [-0.25, -0.2) is 0 Å². The maximum absolute atomic E-state index is 12.8. The number of amides is 1. The molecule has 0 radical (unpaired) electrons. The lowest BCUT2D eigenvalue weighted by Gasteiger charge is -2.34. The van der Waals surface area contributed by atoms with Crippen LogP contribution in [-0.4, -0.2) is 44.2 Å². The maximum atomic E-state index is 12.8. The zero-order valence-electron chi connectivity index (χ0n) is 13.9. The van der Waals surface area contributed by atoms with Gasteiger partial charge in [0.25, 0.3) is 5.91 Å². The van der Waals surface area contributed by atoms with Crippen LogP contribution in [0.25, 0.3) is 0 Å². The lowest BCUT2D eigenvalue weighted by molar-refractivity contribution is 0.0660. The van der Waals surface area contributed by atoms with E-state index in [-0.39, 0.29) is 11.9 Å². The van der Waals surface area contributed by atoms with Crippen molar-refractivity contribution in [3.8, 4) is 11.5 Å². The third-order valence-corrected chi connectivity index (χ3v) is 4.49. The highest BCUT2D eigenvalue weighted by molar-refractivity contribution is 5.95. The van der Waals surface area contributed by atoms with Crippen LogP contribution in [-0.2, 0) is 0 Å². The summed E-state index contributed by atoms with van der Waals surface area (Å²) >= 11 is 0. The average Bonchev–Trinajstić information content (AvgIpc) is 2.54. The molecule has 2 unspecified atom stereocenters. The molecule has 1 saturated heterocycles. The van der Waals surface area contributed by atoms with E-state index in [0.717, 1.165) is 31.5 Å². The quantitative estimate of drug-likeness (QED) is 0.926. The number of hydrogen-bond donors (Lipinski definition) is 1. The zero-order valence-corrected chi connectivity index (χ0v) is 13.9. The molecule has 0 aliphatic carbocycles. The Morgan fingerprint density at radius 3 is 2.41 bits per heavy atom. The summed E-state index contributed by atoms with van der Waals surface area (Å²) in [6.45, 7) is 5.42. The van der Waals surface area contributed by atoms with Gasteiger partial charge in [-0.3, -0.25) is 4.79 Å². The molecule has 5 heteroatoms. The maximum Gasteiger partial charge on any atom is 0.254 e. The van der Waals surface area contributed by atoms with Crippen LogP contribution >= 0.6 is 0 Å². The van der Waals surface area contributed by atoms with Crippen molar-refractivity contribution in [1.29, 1.82) is 0 Å². The molecule has 22 heavy (non-hydrogen) atoms. The van der Waals surface area contributed by atoms with E-state index in [0.29, 0.717) is 23.0 Å². The van der Waals surface area contributed by atoms with E-state index in [2.05, 4.69) is 0 Å². The summed E-state index contributed by atoms with van der Waals surface area (Å²) in [5.41, 5.74) is 7.50. The Morgan fingerprint density at radius 2 is 1.91 bits per heavy atom. The molecule has 2 rings (SSSR count). The van der Waals surface area contributed by atoms with Gasteiger partial charge >= 0.3 is 0 Å². The van der Waals surface area contributed by atoms with E-state index < -0.39 is 0 Å². The second kappa shape index (κ2) is 7.01. The van der Waals surface area contributed by atoms with E-state index >= 15 is 0 Å². The molecule has 0 bridgehead atoms. The van der Waals surface area contributed by atoms with Crippen molar-refractivity contribution in [1.82, 2.24) is 4.90 Å². The number of methoxy groups -OCH3 is 2. The van der Waals surface area contributed by atoms with E-state index in [9.17, 15) is 4.79 Å². The number of carbonyl (C=O) groups is 1. The van der Waals surface area contributed by atoms with Gasteiger partial charge in [0, 0.05) is 30.3 Å². The molecule has 5 nitrogen and oxygen atoms in total. The smallest absolute Gasteiger partial charge is 0.254 e. The highest BCUT2D eigenvalue weighted by Gasteiger charge is 2.27. The first-order valence-corrected chi connectivity index (χ1v) is 7.75. The summed E-state index contributed by atoms with van der Waals surface area (Å²) in [5, 5.41) is 0. The number of nitrogens with two attached hydrogens (primary N) is 1. The summed E-state index contributed by atoms with van der Waals surface area (Å²) in [6.07, 6.45) is 2.08. The Hall–Kier alpha value is -1.75. The summed E-state index contributed by atoms with van der Waals surface area (Å²) in [7, 11) is 3.20. The number of benzene rings is 1. The van der Waals surface area contributed by atoms with Gasteiger partial charge in [0.15, 0.2) is 0 Å². The van der Waals surface area contributed by atoms with E-state index in [1.54, 1.807) is 26.4 Å². The largest absolute Gasteiger partial charge is 0.496 e. The molecule has 1 amide bonds. The molecule has 0 saturated carbocycles. The standard InChI is InChI=1S/C17H26N2O3/c1-11-15(21-3)8-14(9-16(11)22-4)17(20)19-7-5-6-13(10-19)12(2)18/h8-9,12-13H,5-7,10,18H2,1-4H3. The lowest BCUT2D eigenvalue weighted by Crippen LogP contribution is -2.45. The molecular formula is C17H26N2O3. The van der Waals surface area contributed by atoms with Gasteiger partial charge in [-0.2, -0.15) is 0 Å². The molecule has 1 aliphatic heterocycles. The molecule has 0 spiro atoms. The van der Waals surface area contributed by atoms with Gasteiger partial charge in [-0.1, -0.05) is 0 Å². The predicted molar refractivity (Wildman–Crippen MR) is 86.6 cm³/mol. The van der Waals surface area contributed by atoms with Gasteiger partial charge in [0.05, 0.1) is 14.2 Å². The average molecular weight is 306 g/mol. The van der Waals surface area contributed by atoms with Crippen LogP contribution in [0.3, 0.4) is 0 Å². The summed E-state index contributed by atoms with van der Waals surface area (Å²) in [4.78, 5) is 14.7. The van der Waals surface area contributed by atoms with Gasteiger partial charge in [0.2, 0.25) is 0 Å². The SMILES string of the molecule is COc1cc(C(=O)N2CCCC(C(C)N)C2)cc(OC)c1C. The first-order valence-electron chi connectivity index (χ1n) is 7.75.